The Balaban J connectivity index is 2.08. The summed E-state index contributed by atoms with van der Waals surface area (Å²) in [6.45, 7) is 4.83. The smallest absolute Gasteiger partial charge is 0.264 e. The standard InChI is InChI=1S/C28H32FN3O5S/c1-5-37-26-9-7-6-8-25(26)32(38(35,36)24-16-10-20(2)11-17-24)19-27(33)31(21(3)28(34)30-4)18-22-12-14-23(29)15-13-22/h6-17,21H,5,18-19H2,1-4H3,(H,30,34)/t21-/m1/s1. The summed E-state index contributed by atoms with van der Waals surface area (Å²) < 4.78 is 47.9. The average Bonchev–Trinajstić information content (AvgIpc) is 2.91. The predicted molar refractivity (Wildman–Crippen MR) is 144 cm³/mol. The first-order valence-corrected chi connectivity index (χ1v) is 13.6. The van der Waals surface area contributed by atoms with Crippen LogP contribution in [-0.4, -0.2) is 51.4 Å². The number of nitrogens with zero attached hydrogens (tertiary/aromatic N) is 2. The Morgan fingerprint density at radius 1 is 1.00 bits per heavy atom. The van der Waals surface area contributed by atoms with Gasteiger partial charge < -0.3 is 15.0 Å². The highest BCUT2D eigenvalue weighted by molar-refractivity contribution is 7.92. The molecule has 202 valence electrons. The van der Waals surface area contributed by atoms with Crippen LogP contribution in [0.5, 0.6) is 5.75 Å². The largest absolute Gasteiger partial charge is 0.492 e. The van der Waals surface area contributed by atoms with Crippen molar-refractivity contribution >= 4 is 27.5 Å². The van der Waals surface area contributed by atoms with Crippen molar-refractivity contribution in [2.75, 3.05) is 24.5 Å². The molecule has 0 heterocycles. The Labute approximate surface area is 223 Å². The molecule has 2 amide bonds. The van der Waals surface area contributed by atoms with Crippen LogP contribution in [-0.2, 0) is 26.2 Å². The van der Waals surface area contributed by atoms with Crippen LogP contribution in [0.1, 0.15) is 25.0 Å². The van der Waals surface area contributed by atoms with Gasteiger partial charge in [0.15, 0.2) is 0 Å². The second-order valence-corrected chi connectivity index (χ2v) is 10.5. The lowest BCUT2D eigenvalue weighted by Crippen LogP contribution is -2.50. The van der Waals surface area contributed by atoms with Crippen LogP contribution in [0.2, 0.25) is 0 Å². The van der Waals surface area contributed by atoms with E-state index in [0.29, 0.717) is 11.3 Å². The van der Waals surface area contributed by atoms with E-state index in [4.69, 9.17) is 4.74 Å². The van der Waals surface area contributed by atoms with E-state index >= 15 is 0 Å². The molecule has 1 atom stereocenters. The van der Waals surface area contributed by atoms with Crippen molar-refractivity contribution in [3.8, 4) is 5.75 Å². The summed E-state index contributed by atoms with van der Waals surface area (Å²) in [5.41, 5.74) is 1.65. The first kappa shape index (κ1) is 28.6. The van der Waals surface area contributed by atoms with Crippen LogP contribution in [0.3, 0.4) is 0 Å². The van der Waals surface area contributed by atoms with Gasteiger partial charge in [-0.05, 0) is 62.7 Å². The van der Waals surface area contributed by atoms with Crippen molar-refractivity contribution in [3.05, 3.63) is 89.7 Å². The first-order valence-electron chi connectivity index (χ1n) is 12.1. The van der Waals surface area contributed by atoms with Gasteiger partial charge in [0, 0.05) is 13.6 Å². The molecule has 3 aromatic carbocycles. The van der Waals surface area contributed by atoms with Gasteiger partial charge in [0.1, 0.15) is 24.2 Å². The van der Waals surface area contributed by atoms with Gasteiger partial charge in [-0.3, -0.25) is 13.9 Å². The lowest BCUT2D eigenvalue weighted by atomic mass is 10.1. The normalized spacial score (nSPS) is 11.9. The number of rotatable bonds is 11. The van der Waals surface area contributed by atoms with Gasteiger partial charge in [-0.2, -0.15) is 0 Å². The van der Waals surface area contributed by atoms with E-state index in [1.165, 1.54) is 48.3 Å². The second-order valence-electron chi connectivity index (χ2n) is 8.66. The van der Waals surface area contributed by atoms with Gasteiger partial charge in [0.05, 0.1) is 17.2 Å². The molecule has 3 rings (SSSR count). The summed E-state index contributed by atoms with van der Waals surface area (Å²) in [5.74, 6) is -1.19. The SMILES string of the molecule is CCOc1ccccc1N(CC(=O)N(Cc1ccc(F)cc1)[C@H](C)C(=O)NC)S(=O)(=O)c1ccc(C)cc1. The molecule has 0 aliphatic heterocycles. The number of benzene rings is 3. The number of carbonyl (C=O) groups excluding carboxylic acids is 2. The van der Waals surface area contributed by atoms with E-state index in [9.17, 15) is 22.4 Å². The Bertz CT molecular complexity index is 1360. The Kier molecular flexibility index (Phi) is 9.46. The second kappa shape index (κ2) is 12.6. The molecule has 0 radical (unpaired) electrons. The minimum absolute atomic E-state index is 0.00614. The zero-order chi connectivity index (χ0) is 27.9. The third-order valence-electron chi connectivity index (χ3n) is 6.00. The molecule has 0 bridgehead atoms. The quantitative estimate of drug-likeness (QED) is 0.397. The molecule has 0 saturated heterocycles. The van der Waals surface area contributed by atoms with Crippen LogP contribution in [0.4, 0.5) is 10.1 Å². The topological polar surface area (TPSA) is 96.0 Å². The van der Waals surface area contributed by atoms with Gasteiger partial charge >= 0.3 is 0 Å². The Morgan fingerprint density at radius 3 is 2.24 bits per heavy atom. The van der Waals surface area contributed by atoms with Crippen LogP contribution in [0.25, 0.3) is 0 Å². The van der Waals surface area contributed by atoms with E-state index in [1.807, 2.05) is 6.92 Å². The summed E-state index contributed by atoms with van der Waals surface area (Å²) in [6, 6.07) is 17.5. The summed E-state index contributed by atoms with van der Waals surface area (Å²) in [6.07, 6.45) is 0. The fourth-order valence-corrected chi connectivity index (χ4v) is 5.29. The van der Waals surface area contributed by atoms with Crippen molar-refractivity contribution in [3.63, 3.8) is 0 Å². The van der Waals surface area contributed by atoms with E-state index in [-0.39, 0.29) is 23.7 Å². The number of aryl methyl sites for hydroxylation is 1. The van der Waals surface area contributed by atoms with E-state index in [1.54, 1.807) is 50.2 Å². The van der Waals surface area contributed by atoms with Crippen LogP contribution >= 0.6 is 0 Å². The summed E-state index contributed by atoms with van der Waals surface area (Å²) in [4.78, 5) is 27.6. The third kappa shape index (κ3) is 6.69. The van der Waals surface area contributed by atoms with E-state index < -0.39 is 40.2 Å². The minimum atomic E-state index is -4.21. The van der Waals surface area contributed by atoms with Crippen molar-refractivity contribution in [1.82, 2.24) is 10.2 Å². The highest BCUT2D eigenvalue weighted by Crippen LogP contribution is 2.33. The number of nitrogens with one attached hydrogen (secondary N) is 1. The average molecular weight is 542 g/mol. The first-order chi connectivity index (χ1) is 18.1. The fourth-order valence-electron chi connectivity index (χ4n) is 3.87. The molecule has 1 N–H and O–H groups in total. The van der Waals surface area contributed by atoms with Gasteiger partial charge in [-0.1, -0.05) is 42.0 Å². The number of halogens is 1. The molecule has 0 saturated carbocycles. The van der Waals surface area contributed by atoms with E-state index in [0.717, 1.165) is 9.87 Å². The summed E-state index contributed by atoms with van der Waals surface area (Å²) in [5, 5.41) is 2.52. The lowest BCUT2D eigenvalue weighted by molar-refractivity contribution is -0.139. The minimum Gasteiger partial charge on any atom is -0.492 e. The van der Waals surface area contributed by atoms with Crippen molar-refractivity contribution in [2.24, 2.45) is 0 Å². The zero-order valence-electron chi connectivity index (χ0n) is 21.8. The van der Waals surface area contributed by atoms with Gasteiger partial charge in [-0.25, -0.2) is 12.8 Å². The van der Waals surface area contributed by atoms with E-state index in [2.05, 4.69) is 5.32 Å². The number of anilines is 1. The van der Waals surface area contributed by atoms with Crippen molar-refractivity contribution in [2.45, 2.75) is 38.3 Å². The van der Waals surface area contributed by atoms with Crippen molar-refractivity contribution < 1.29 is 27.1 Å². The number of likely N-dealkylation sites (N-methyl/N-ethyl adjacent to an activating group) is 1. The number of hydrogen-bond acceptors (Lipinski definition) is 5. The number of sulfonamides is 1. The fraction of sp³-hybridized carbons (Fsp3) is 0.286. The number of hydrogen-bond donors (Lipinski definition) is 1. The summed E-state index contributed by atoms with van der Waals surface area (Å²) in [7, 11) is -2.76. The van der Waals surface area contributed by atoms with Crippen LogP contribution in [0, 0.1) is 12.7 Å². The van der Waals surface area contributed by atoms with Crippen molar-refractivity contribution in [1.29, 1.82) is 0 Å². The molecular weight excluding hydrogens is 509 g/mol. The van der Waals surface area contributed by atoms with Gasteiger partial charge in [-0.15, -0.1) is 0 Å². The van der Waals surface area contributed by atoms with Gasteiger partial charge in [0.2, 0.25) is 11.8 Å². The Morgan fingerprint density at radius 2 is 1.63 bits per heavy atom. The molecular formula is C28H32FN3O5S. The molecule has 0 fully saturated rings. The molecule has 3 aromatic rings. The maximum absolute atomic E-state index is 13.9. The third-order valence-corrected chi connectivity index (χ3v) is 7.78. The molecule has 0 aliphatic rings. The zero-order valence-corrected chi connectivity index (χ0v) is 22.7. The van der Waals surface area contributed by atoms with Crippen LogP contribution in [0.15, 0.2) is 77.7 Å². The molecule has 38 heavy (non-hydrogen) atoms. The Hall–Kier alpha value is -3.92. The number of amides is 2. The maximum Gasteiger partial charge on any atom is 0.264 e. The van der Waals surface area contributed by atoms with Gasteiger partial charge in [0.25, 0.3) is 10.0 Å². The lowest BCUT2D eigenvalue weighted by Gasteiger charge is -2.32. The number of ether oxygens (including phenoxy) is 1. The molecule has 0 spiro atoms. The highest BCUT2D eigenvalue weighted by atomic mass is 32.2. The highest BCUT2D eigenvalue weighted by Gasteiger charge is 2.33. The maximum atomic E-state index is 13.9. The molecule has 8 nitrogen and oxygen atoms in total. The summed E-state index contributed by atoms with van der Waals surface area (Å²) >= 11 is 0. The molecule has 0 unspecified atom stereocenters. The molecule has 0 aromatic heterocycles. The molecule has 10 heteroatoms. The van der Waals surface area contributed by atoms with Crippen LogP contribution < -0.4 is 14.4 Å². The monoisotopic (exact) mass is 541 g/mol. The molecule has 0 aliphatic carbocycles. The number of carbonyl (C=O) groups is 2. The number of para-hydroxylation sites is 2. The predicted octanol–water partition coefficient (Wildman–Crippen LogP) is 3.89.